The van der Waals surface area contributed by atoms with E-state index in [2.05, 4.69) is 10.1 Å². The van der Waals surface area contributed by atoms with Gasteiger partial charge >= 0.3 is 12.3 Å². The van der Waals surface area contributed by atoms with Crippen molar-refractivity contribution in [2.45, 2.75) is 38.2 Å². The quantitative estimate of drug-likeness (QED) is 0.654. The monoisotopic (exact) mass is 398 g/mol. The number of carbonyl (C=O) groups excluding carboxylic acids is 1. The molecule has 1 aromatic rings. The lowest BCUT2D eigenvalue weighted by Crippen LogP contribution is -2.32. The van der Waals surface area contributed by atoms with Crippen molar-refractivity contribution in [1.29, 1.82) is 0 Å². The number of halogens is 5. The number of hydrogen-bond donors (Lipinski definition) is 2. The molecule has 0 heterocycles. The number of carbonyl (C=O) groups is 1. The molecule has 148 valence electrons. The van der Waals surface area contributed by atoms with Crippen molar-refractivity contribution in [2.75, 3.05) is 18.5 Å². The zero-order valence-electron chi connectivity index (χ0n) is 14.1. The zero-order chi connectivity index (χ0) is 18.4. The number of benzene rings is 1. The summed E-state index contributed by atoms with van der Waals surface area (Å²) in [7, 11) is 0. The molecule has 0 aliphatic heterocycles. The highest BCUT2D eigenvalue weighted by atomic mass is 35.5. The van der Waals surface area contributed by atoms with E-state index in [9.17, 15) is 22.4 Å². The Morgan fingerprint density at radius 1 is 1.35 bits per heavy atom. The van der Waals surface area contributed by atoms with Crippen LogP contribution in [0.25, 0.3) is 0 Å². The van der Waals surface area contributed by atoms with Gasteiger partial charge in [-0.3, -0.25) is 4.79 Å². The molecule has 1 aromatic carbocycles. The van der Waals surface area contributed by atoms with Gasteiger partial charge in [-0.25, -0.2) is 8.78 Å². The van der Waals surface area contributed by atoms with Gasteiger partial charge in [0.2, 0.25) is 5.91 Å². The van der Waals surface area contributed by atoms with E-state index in [4.69, 9.17) is 5.73 Å². The van der Waals surface area contributed by atoms with Crippen molar-refractivity contribution in [3.63, 3.8) is 0 Å². The van der Waals surface area contributed by atoms with E-state index in [1.54, 1.807) is 24.3 Å². The first kappa shape index (κ1) is 22.7. The second kappa shape index (κ2) is 10.1. The third-order valence-electron chi connectivity index (χ3n) is 4.38. The zero-order valence-corrected chi connectivity index (χ0v) is 14.9. The first-order valence-corrected chi connectivity index (χ1v) is 8.17. The smallest absolute Gasteiger partial charge is 0.330 e. The van der Waals surface area contributed by atoms with Gasteiger partial charge in [-0.2, -0.15) is 8.78 Å². The van der Waals surface area contributed by atoms with Gasteiger partial charge in [0.25, 0.3) is 0 Å². The standard InChI is InChI=1S/C17H22F4N2O2.ClH/c18-16(19)17(20,21)10-25-9-11-3-1-5-13(7-11)23-15(24)14-6-2-4-12(14)8-22;/h1,3,5,7,12,14,16H,2,4,6,8-10,22H2,(H,23,24);1H/t12-,14-;/m1./s1. The topological polar surface area (TPSA) is 64.4 Å². The Kier molecular flexibility index (Phi) is 8.79. The maximum atomic E-state index is 12.8. The summed E-state index contributed by atoms with van der Waals surface area (Å²) < 4.78 is 54.4. The van der Waals surface area contributed by atoms with E-state index in [1.807, 2.05) is 0 Å². The predicted molar refractivity (Wildman–Crippen MR) is 92.8 cm³/mol. The van der Waals surface area contributed by atoms with Crippen LogP contribution >= 0.6 is 12.4 Å². The third kappa shape index (κ3) is 6.10. The summed E-state index contributed by atoms with van der Waals surface area (Å²) in [5, 5.41) is 2.80. The molecule has 0 saturated heterocycles. The molecule has 1 saturated carbocycles. The van der Waals surface area contributed by atoms with E-state index >= 15 is 0 Å². The summed E-state index contributed by atoms with van der Waals surface area (Å²) >= 11 is 0. The van der Waals surface area contributed by atoms with Crippen LogP contribution in [0.15, 0.2) is 24.3 Å². The SMILES string of the molecule is Cl.NC[C@H]1CCC[C@H]1C(=O)Nc1cccc(COCC(F)(F)C(F)F)c1. The van der Waals surface area contributed by atoms with Crippen molar-refractivity contribution in [3.8, 4) is 0 Å². The van der Waals surface area contributed by atoms with Crippen molar-refractivity contribution >= 4 is 24.0 Å². The molecule has 1 amide bonds. The summed E-state index contributed by atoms with van der Waals surface area (Å²) in [5.74, 6) is -4.25. The molecule has 3 N–H and O–H groups in total. The first-order valence-electron chi connectivity index (χ1n) is 8.17. The Hall–Kier alpha value is -1.38. The molecule has 0 unspecified atom stereocenters. The minimum absolute atomic E-state index is 0. The van der Waals surface area contributed by atoms with Crippen molar-refractivity contribution in [3.05, 3.63) is 29.8 Å². The molecule has 26 heavy (non-hydrogen) atoms. The fourth-order valence-corrected chi connectivity index (χ4v) is 3.01. The van der Waals surface area contributed by atoms with Crippen LogP contribution in [0.5, 0.6) is 0 Å². The van der Waals surface area contributed by atoms with Gasteiger partial charge in [0.05, 0.1) is 6.61 Å². The Morgan fingerprint density at radius 3 is 2.73 bits per heavy atom. The van der Waals surface area contributed by atoms with Crippen molar-refractivity contribution < 1.29 is 27.1 Å². The summed E-state index contributed by atoms with van der Waals surface area (Å²) in [6, 6.07) is 6.48. The van der Waals surface area contributed by atoms with Crippen molar-refractivity contribution in [2.24, 2.45) is 17.6 Å². The van der Waals surface area contributed by atoms with Crippen LogP contribution in [0.1, 0.15) is 24.8 Å². The van der Waals surface area contributed by atoms with Crippen LogP contribution in [-0.2, 0) is 16.1 Å². The lowest BCUT2D eigenvalue weighted by Gasteiger charge is -2.18. The van der Waals surface area contributed by atoms with Crippen molar-refractivity contribution in [1.82, 2.24) is 0 Å². The summed E-state index contributed by atoms with van der Waals surface area (Å²) in [6.07, 6.45) is -1.08. The maximum absolute atomic E-state index is 12.8. The fraction of sp³-hybridized carbons (Fsp3) is 0.588. The lowest BCUT2D eigenvalue weighted by atomic mass is 9.95. The Balaban J connectivity index is 0.00000338. The second-order valence-corrected chi connectivity index (χ2v) is 6.28. The maximum Gasteiger partial charge on any atom is 0.330 e. The number of amides is 1. The van der Waals surface area contributed by atoms with Crippen LogP contribution in [0.4, 0.5) is 23.2 Å². The molecular weight excluding hydrogens is 376 g/mol. The van der Waals surface area contributed by atoms with E-state index in [-0.39, 0.29) is 36.8 Å². The summed E-state index contributed by atoms with van der Waals surface area (Å²) in [6.45, 7) is -1.15. The molecular formula is C17H23ClF4N2O2. The van der Waals surface area contributed by atoms with E-state index in [0.29, 0.717) is 17.8 Å². The van der Waals surface area contributed by atoms with Crippen LogP contribution in [0.2, 0.25) is 0 Å². The minimum atomic E-state index is -4.18. The Morgan fingerprint density at radius 2 is 2.08 bits per heavy atom. The average molecular weight is 399 g/mol. The van der Waals surface area contributed by atoms with Gasteiger partial charge in [-0.15, -0.1) is 12.4 Å². The molecule has 1 aliphatic carbocycles. The van der Waals surface area contributed by atoms with Gasteiger partial charge in [-0.05, 0) is 43.0 Å². The van der Waals surface area contributed by atoms with Crippen LogP contribution in [-0.4, -0.2) is 31.4 Å². The largest absolute Gasteiger partial charge is 0.370 e. The molecule has 1 aliphatic rings. The first-order chi connectivity index (χ1) is 11.8. The van der Waals surface area contributed by atoms with Crippen LogP contribution in [0, 0.1) is 11.8 Å². The number of alkyl halides is 4. The molecule has 9 heteroatoms. The molecule has 0 bridgehead atoms. The molecule has 0 spiro atoms. The molecule has 2 rings (SSSR count). The number of hydrogen-bond acceptors (Lipinski definition) is 3. The predicted octanol–water partition coefficient (Wildman–Crippen LogP) is 3.84. The summed E-state index contributed by atoms with van der Waals surface area (Å²) in [4.78, 5) is 12.3. The molecule has 2 atom stereocenters. The van der Waals surface area contributed by atoms with Gasteiger partial charge in [0.1, 0.15) is 6.61 Å². The highest BCUT2D eigenvalue weighted by Crippen LogP contribution is 2.32. The Bertz CT molecular complexity index is 590. The number of nitrogens with one attached hydrogen (secondary N) is 1. The van der Waals surface area contributed by atoms with Gasteiger partial charge in [-0.1, -0.05) is 18.6 Å². The second-order valence-electron chi connectivity index (χ2n) is 6.28. The third-order valence-corrected chi connectivity index (χ3v) is 4.38. The fourth-order valence-electron chi connectivity index (χ4n) is 3.01. The molecule has 1 fully saturated rings. The highest BCUT2D eigenvalue weighted by Gasteiger charge is 2.40. The van der Waals surface area contributed by atoms with E-state index in [0.717, 1.165) is 19.3 Å². The highest BCUT2D eigenvalue weighted by molar-refractivity contribution is 5.93. The minimum Gasteiger partial charge on any atom is -0.370 e. The van der Waals surface area contributed by atoms with Crippen LogP contribution < -0.4 is 11.1 Å². The van der Waals surface area contributed by atoms with Gasteiger partial charge in [0.15, 0.2) is 0 Å². The normalized spacial score (nSPS) is 20.1. The van der Waals surface area contributed by atoms with Crippen LogP contribution in [0.3, 0.4) is 0 Å². The Labute approximate surface area is 155 Å². The lowest BCUT2D eigenvalue weighted by molar-refractivity contribution is -0.168. The van der Waals surface area contributed by atoms with Gasteiger partial charge in [0, 0.05) is 11.6 Å². The van der Waals surface area contributed by atoms with Gasteiger partial charge < -0.3 is 15.8 Å². The molecule has 4 nitrogen and oxygen atoms in total. The van der Waals surface area contributed by atoms with E-state index < -0.39 is 19.0 Å². The number of rotatable bonds is 8. The molecule has 0 radical (unpaired) electrons. The number of nitrogens with two attached hydrogens (primary N) is 1. The molecule has 0 aromatic heterocycles. The number of ether oxygens (including phenoxy) is 1. The number of anilines is 1. The average Bonchev–Trinajstić information content (AvgIpc) is 3.03. The summed E-state index contributed by atoms with van der Waals surface area (Å²) in [5.41, 5.74) is 6.69. The van der Waals surface area contributed by atoms with E-state index in [1.165, 1.54) is 0 Å².